The van der Waals surface area contributed by atoms with Gasteiger partial charge in [0.15, 0.2) is 0 Å². The highest BCUT2D eigenvalue weighted by Crippen LogP contribution is 2.25. The van der Waals surface area contributed by atoms with Gasteiger partial charge in [0.1, 0.15) is 0 Å². The van der Waals surface area contributed by atoms with E-state index < -0.39 is 0 Å². The third-order valence-electron chi connectivity index (χ3n) is 2.47. The minimum absolute atomic E-state index is 0.00463. The largest absolute Gasteiger partial charge is 0.374 e. The maximum Gasteiger partial charge on any atom is 0.216 e. The van der Waals surface area contributed by atoms with Gasteiger partial charge in [0.05, 0.1) is 0 Å². The maximum absolute atomic E-state index is 9.70. The Morgan fingerprint density at radius 2 is 1.48 bits per heavy atom. The average molecular weight is 296 g/mol. The molecule has 1 aromatic rings. The molecule has 0 saturated carbocycles. The predicted octanol–water partition coefficient (Wildman–Crippen LogP) is 4.51. The Labute approximate surface area is 132 Å². The van der Waals surface area contributed by atoms with E-state index in [0.29, 0.717) is 0 Å². The highest BCUT2D eigenvalue weighted by Gasteiger charge is 2.12. The first kappa shape index (κ1) is 24.5. The Bertz CT molecular complexity index is 338. The molecule has 0 aromatic heterocycles. The van der Waals surface area contributed by atoms with Crippen molar-refractivity contribution in [3.8, 4) is 0 Å². The molecule has 1 aromatic carbocycles. The standard InChI is InChI=1S/C9H11N.C3H7NO.3C2H6/c1-10-7-6-8-4-2-3-5-9(8)10;1-3(5)4-2;3*1-2/h2-5H,6-7H2,1H3;1-2H3,(H,4,5);3*1-2H3. The first-order chi connectivity index (χ1) is 10.1. The van der Waals surface area contributed by atoms with Gasteiger partial charge in [-0.3, -0.25) is 4.79 Å². The van der Waals surface area contributed by atoms with Crippen molar-refractivity contribution in [2.24, 2.45) is 0 Å². The summed E-state index contributed by atoms with van der Waals surface area (Å²) in [6, 6.07) is 8.60. The van der Waals surface area contributed by atoms with Crippen molar-refractivity contribution in [3.05, 3.63) is 29.8 Å². The monoisotopic (exact) mass is 296 g/mol. The number of carbonyl (C=O) groups excluding carboxylic acids is 1. The van der Waals surface area contributed by atoms with E-state index >= 15 is 0 Å². The second-order valence-electron chi connectivity index (χ2n) is 3.61. The fraction of sp³-hybridized carbons (Fsp3) is 0.611. The predicted molar refractivity (Wildman–Crippen MR) is 97.2 cm³/mol. The fourth-order valence-corrected chi connectivity index (χ4v) is 1.50. The molecule has 0 aliphatic carbocycles. The molecule has 0 unspecified atom stereocenters. The van der Waals surface area contributed by atoms with Gasteiger partial charge in [-0.1, -0.05) is 59.7 Å². The molecule has 1 amide bonds. The lowest BCUT2D eigenvalue weighted by Crippen LogP contribution is -2.12. The summed E-state index contributed by atoms with van der Waals surface area (Å²) in [7, 11) is 3.74. The fourth-order valence-electron chi connectivity index (χ4n) is 1.50. The highest BCUT2D eigenvalue weighted by molar-refractivity contribution is 5.72. The van der Waals surface area contributed by atoms with Crippen LogP contribution in [0.3, 0.4) is 0 Å². The normalized spacial score (nSPS) is 9.86. The Kier molecular flexibility index (Phi) is 21.6. The summed E-state index contributed by atoms with van der Waals surface area (Å²) in [5.41, 5.74) is 2.90. The van der Waals surface area contributed by atoms with Crippen molar-refractivity contribution in [3.63, 3.8) is 0 Å². The second-order valence-corrected chi connectivity index (χ2v) is 3.61. The van der Waals surface area contributed by atoms with Gasteiger partial charge in [-0.05, 0) is 18.1 Å². The third kappa shape index (κ3) is 12.0. The van der Waals surface area contributed by atoms with Crippen LogP contribution in [0.4, 0.5) is 5.69 Å². The van der Waals surface area contributed by atoms with Crippen molar-refractivity contribution < 1.29 is 4.79 Å². The maximum atomic E-state index is 9.70. The number of para-hydroxylation sites is 1. The van der Waals surface area contributed by atoms with Crippen LogP contribution in [0.5, 0.6) is 0 Å². The zero-order valence-electron chi connectivity index (χ0n) is 15.6. The van der Waals surface area contributed by atoms with Gasteiger partial charge in [0, 0.05) is 33.3 Å². The van der Waals surface area contributed by atoms with Crippen LogP contribution in [0.2, 0.25) is 0 Å². The van der Waals surface area contributed by atoms with E-state index in [4.69, 9.17) is 0 Å². The molecule has 124 valence electrons. The molecule has 0 bridgehead atoms. The van der Waals surface area contributed by atoms with Crippen molar-refractivity contribution >= 4 is 11.6 Å². The van der Waals surface area contributed by atoms with Crippen LogP contribution in [-0.4, -0.2) is 26.5 Å². The quantitative estimate of drug-likeness (QED) is 0.764. The Morgan fingerprint density at radius 3 is 1.86 bits per heavy atom. The number of rotatable bonds is 0. The molecule has 1 N–H and O–H groups in total. The van der Waals surface area contributed by atoms with Crippen molar-refractivity contribution in [2.45, 2.75) is 54.9 Å². The number of amides is 1. The molecular formula is C18H36N2O. The SMILES string of the molecule is CC.CC.CC.CN1CCc2ccccc21.CNC(C)=O. The smallest absolute Gasteiger partial charge is 0.216 e. The van der Waals surface area contributed by atoms with E-state index in [1.807, 2.05) is 41.5 Å². The van der Waals surface area contributed by atoms with Gasteiger partial charge in [0.2, 0.25) is 5.91 Å². The molecule has 0 atom stereocenters. The number of likely N-dealkylation sites (N-methyl/N-ethyl adjacent to an activating group) is 1. The van der Waals surface area contributed by atoms with Crippen molar-refractivity contribution in [1.82, 2.24) is 5.32 Å². The third-order valence-corrected chi connectivity index (χ3v) is 2.47. The van der Waals surface area contributed by atoms with Crippen LogP contribution < -0.4 is 10.2 Å². The van der Waals surface area contributed by atoms with Gasteiger partial charge in [-0.25, -0.2) is 0 Å². The summed E-state index contributed by atoms with van der Waals surface area (Å²) in [4.78, 5) is 12.0. The summed E-state index contributed by atoms with van der Waals surface area (Å²) < 4.78 is 0. The van der Waals surface area contributed by atoms with E-state index in [9.17, 15) is 4.79 Å². The molecule has 3 heteroatoms. The Balaban J connectivity index is -0.000000253. The molecule has 21 heavy (non-hydrogen) atoms. The van der Waals surface area contributed by atoms with Gasteiger partial charge >= 0.3 is 0 Å². The number of nitrogens with one attached hydrogen (secondary N) is 1. The van der Waals surface area contributed by atoms with E-state index in [0.717, 1.165) is 0 Å². The molecule has 3 nitrogen and oxygen atoms in total. The Morgan fingerprint density at radius 1 is 1.05 bits per heavy atom. The van der Waals surface area contributed by atoms with Crippen LogP contribution >= 0.6 is 0 Å². The molecule has 1 aliphatic heterocycles. The highest BCUT2D eigenvalue weighted by atomic mass is 16.1. The number of hydrogen-bond acceptors (Lipinski definition) is 2. The van der Waals surface area contributed by atoms with E-state index in [-0.39, 0.29) is 5.91 Å². The minimum atomic E-state index is 0.00463. The molecule has 0 fully saturated rings. The zero-order chi connectivity index (χ0) is 17.3. The van der Waals surface area contributed by atoms with E-state index in [1.54, 1.807) is 7.05 Å². The van der Waals surface area contributed by atoms with Gasteiger partial charge < -0.3 is 10.2 Å². The van der Waals surface area contributed by atoms with Crippen molar-refractivity contribution in [1.29, 1.82) is 0 Å². The molecule has 0 saturated heterocycles. The number of fused-ring (bicyclic) bond motifs is 1. The summed E-state index contributed by atoms with van der Waals surface area (Å²) in [6.07, 6.45) is 1.21. The number of nitrogens with zero attached hydrogens (tertiary/aromatic N) is 1. The van der Waals surface area contributed by atoms with Crippen LogP contribution in [0.15, 0.2) is 24.3 Å². The van der Waals surface area contributed by atoms with Gasteiger partial charge in [0.25, 0.3) is 0 Å². The van der Waals surface area contributed by atoms with Crippen LogP contribution in [0.25, 0.3) is 0 Å². The number of anilines is 1. The summed E-state index contributed by atoms with van der Waals surface area (Å²) in [6.45, 7) is 14.7. The number of hydrogen-bond donors (Lipinski definition) is 1. The first-order valence-electron chi connectivity index (χ1n) is 8.12. The number of benzene rings is 1. The molecular weight excluding hydrogens is 260 g/mol. The van der Waals surface area contributed by atoms with Crippen LogP contribution in [-0.2, 0) is 11.2 Å². The van der Waals surface area contributed by atoms with Gasteiger partial charge in [-0.2, -0.15) is 0 Å². The molecule has 0 spiro atoms. The summed E-state index contributed by atoms with van der Waals surface area (Å²) >= 11 is 0. The second kappa shape index (κ2) is 18.5. The summed E-state index contributed by atoms with van der Waals surface area (Å²) in [5, 5.41) is 2.39. The lowest BCUT2D eigenvalue weighted by atomic mass is 10.2. The molecule has 1 aliphatic rings. The number of carbonyl (C=O) groups is 1. The van der Waals surface area contributed by atoms with Crippen LogP contribution in [0.1, 0.15) is 54.0 Å². The minimum Gasteiger partial charge on any atom is -0.374 e. The summed E-state index contributed by atoms with van der Waals surface area (Å²) in [5.74, 6) is 0.00463. The topological polar surface area (TPSA) is 32.3 Å². The van der Waals surface area contributed by atoms with Crippen molar-refractivity contribution in [2.75, 3.05) is 25.5 Å². The molecule has 2 rings (SSSR count). The average Bonchev–Trinajstić information content (AvgIpc) is 2.95. The van der Waals surface area contributed by atoms with Gasteiger partial charge in [-0.15, -0.1) is 0 Å². The zero-order valence-corrected chi connectivity index (χ0v) is 15.6. The molecule has 0 radical (unpaired) electrons. The van der Waals surface area contributed by atoms with E-state index in [1.165, 1.54) is 31.1 Å². The molecule has 1 heterocycles. The van der Waals surface area contributed by atoms with E-state index in [2.05, 4.69) is 41.5 Å². The lowest BCUT2D eigenvalue weighted by Gasteiger charge is -2.10. The van der Waals surface area contributed by atoms with Crippen LogP contribution in [0, 0.1) is 0 Å². The first-order valence-corrected chi connectivity index (χ1v) is 8.12. The lowest BCUT2D eigenvalue weighted by molar-refractivity contribution is -0.118. The Hall–Kier alpha value is -1.51.